The fraction of sp³-hybridized carbons (Fsp3) is 0.500. The number of nitro benzene ring substituents is 1. The van der Waals surface area contributed by atoms with Crippen LogP contribution >= 0.6 is 0 Å². The third-order valence-electron chi connectivity index (χ3n) is 5.39. The van der Waals surface area contributed by atoms with Crippen LogP contribution in [-0.2, 0) is 23.7 Å². The van der Waals surface area contributed by atoms with E-state index in [0.29, 0.717) is 5.39 Å². The molecule has 0 radical (unpaired) electrons. The van der Waals surface area contributed by atoms with E-state index in [9.17, 15) is 14.9 Å². The number of non-ortho nitro benzene ring substituents is 1. The number of hydrogen-bond donors (Lipinski definition) is 1. The molecule has 9 heteroatoms. The highest BCUT2D eigenvalue weighted by Gasteiger charge is 2.60. The van der Waals surface area contributed by atoms with Gasteiger partial charge in [-0.05, 0) is 25.5 Å². The number of aromatic amines is 1. The Hall–Kier alpha value is -2.49. The minimum atomic E-state index is -0.805. The molecule has 27 heavy (non-hydrogen) atoms. The van der Waals surface area contributed by atoms with E-state index in [4.69, 9.17) is 18.9 Å². The van der Waals surface area contributed by atoms with E-state index >= 15 is 0 Å². The average molecular weight is 374 g/mol. The van der Waals surface area contributed by atoms with Crippen LogP contribution in [0.25, 0.3) is 10.9 Å². The van der Waals surface area contributed by atoms with Crippen molar-refractivity contribution in [2.24, 2.45) is 0 Å². The molecular formula is C18H18N2O7. The van der Waals surface area contributed by atoms with Crippen LogP contribution in [0.1, 0.15) is 31.7 Å². The van der Waals surface area contributed by atoms with Crippen molar-refractivity contribution in [2.45, 2.75) is 56.6 Å². The number of benzene rings is 1. The zero-order chi connectivity index (χ0) is 18.9. The largest absolute Gasteiger partial charge is 0.457 e. The maximum absolute atomic E-state index is 12.3. The summed E-state index contributed by atoms with van der Waals surface area (Å²) in [5.41, 5.74) is 1.55. The number of hydrogen-bond acceptors (Lipinski definition) is 7. The first kappa shape index (κ1) is 16.7. The summed E-state index contributed by atoms with van der Waals surface area (Å²) >= 11 is 0. The van der Waals surface area contributed by atoms with Crippen LogP contribution in [0, 0.1) is 10.1 Å². The van der Waals surface area contributed by atoms with Gasteiger partial charge in [0.15, 0.2) is 24.3 Å². The van der Waals surface area contributed by atoms with Crippen molar-refractivity contribution >= 4 is 22.6 Å². The molecule has 9 nitrogen and oxygen atoms in total. The number of nitrogens with one attached hydrogen (secondary N) is 1. The highest BCUT2D eigenvalue weighted by atomic mass is 16.8. The fourth-order valence-corrected chi connectivity index (χ4v) is 4.30. The summed E-state index contributed by atoms with van der Waals surface area (Å²) in [4.78, 5) is 26.1. The van der Waals surface area contributed by atoms with Crippen molar-refractivity contribution in [1.82, 2.24) is 4.98 Å². The number of ether oxygens (including phenoxy) is 4. The number of nitro groups is 1. The van der Waals surface area contributed by atoms with Gasteiger partial charge < -0.3 is 23.9 Å². The highest BCUT2D eigenvalue weighted by molar-refractivity contribution is 5.87. The third-order valence-corrected chi connectivity index (χ3v) is 5.39. The zero-order valence-electron chi connectivity index (χ0n) is 14.7. The lowest BCUT2D eigenvalue weighted by atomic mass is 9.85. The third kappa shape index (κ3) is 2.53. The number of H-pyrrole nitrogens is 1. The molecule has 0 aliphatic carbocycles. The summed E-state index contributed by atoms with van der Waals surface area (Å²) < 4.78 is 23.2. The fourth-order valence-electron chi connectivity index (χ4n) is 4.30. The molecule has 5 atom stereocenters. The van der Waals surface area contributed by atoms with Crippen LogP contribution in [-0.4, -0.2) is 46.3 Å². The lowest BCUT2D eigenvalue weighted by Gasteiger charge is -2.34. The molecule has 0 unspecified atom stereocenters. The van der Waals surface area contributed by atoms with Crippen molar-refractivity contribution in [1.29, 1.82) is 0 Å². The van der Waals surface area contributed by atoms with E-state index in [-0.39, 0.29) is 24.0 Å². The maximum Gasteiger partial charge on any atom is 0.306 e. The second-order valence-corrected chi connectivity index (χ2v) is 7.57. The summed E-state index contributed by atoms with van der Waals surface area (Å²) in [5.74, 6) is -1.47. The Bertz CT molecular complexity index is 952. The van der Waals surface area contributed by atoms with E-state index in [1.807, 2.05) is 0 Å². The van der Waals surface area contributed by atoms with Crippen LogP contribution in [0.2, 0.25) is 0 Å². The number of aromatic nitrogens is 1. The number of nitrogens with zero attached hydrogens (tertiary/aromatic N) is 1. The molecule has 5 rings (SSSR count). The summed E-state index contributed by atoms with van der Waals surface area (Å²) in [6.07, 6.45) is -0.213. The van der Waals surface area contributed by atoms with Crippen molar-refractivity contribution in [2.75, 3.05) is 0 Å². The lowest BCUT2D eigenvalue weighted by Crippen LogP contribution is -2.45. The first-order valence-corrected chi connectivity index (χ1v) is 8.78. The summed E-state index contributed by atoms with van der Waals surface area (Å²) in [6.45, 7) is 3.56. The van der Waals surface area contributed by atoms with Crippen molar-refractivity contribution in [3.05, 3.63) is 40.1 Å². The Kier molecular flexibility index (Phi) is 3.40. The number of carbonyl (C=O) groups excluding carboxylic acids is 1. The molecule has 1 aromatic heterocycles. The van der Waals surface area contributed by atoms with Gasteiger partial charge in [-0.3, -0.25) is 14.9 Å². The van der Waals surface area contributed by atoms with Gasteiger partial charge in [-0.15, -0.1) is 0 Å². The molecule has 3 saturated heterocycles. The molecule has 3 fully saturated rings. The van der Waals surface area contributed by atoms with Crippen LogP contribution < -0.4 is 0 Å². The minimum Gasteiger partial charge on any atom is -0.457 e. The molecule has 1 N–H and O–H groups in total. The molecule has 1 aromatic carbocycles. The molecule has 0 spiro atoms. The second kappa shape index (κ2) is 5.51. The van der Waals surface area contributed by atoms with Crippen molar-refractivity contribution < 1.29 is 28.7 Å². The number of carbonyl (C=O) groups is 1. The molecule has 2 aromatic rings. The molecule has 142 valence electrons. The van der Waals surface area contributed by atoms with Gasteiger partial charge in [-0.25, -0.2) is 0 Å². The maximum atomic E-state index is 12.3. The molecule has 4 heterocycles. The predicted octanol–water partition coefficient (Wildman–Crippen LogP) is 2.35. The Morgan fingerprint density at radius 2 is 2.04 bits per heavy atom. The van der Waals surface area contributed by atoms with E-state index in [1.165, 1.54) is 12.1 Å². The molecule has 3 aliphatic rings. The van der Waals surface area contributed by atoms with E-state index in [1.54, 1.807) is 26.1 Å². The number of fused-ring (bicyclic) bond motifs is 4. The number of rotatable bonds is 2. The Balaban J connectivity index is 1.54. The SMILES string of the molecule is CC1(C)O[C@H]2O[C@H]3[C@H](OC(=O)C[C@@H]3c3c[nH]c4ccc([N+](=O)[O-])cc34)[C@H]2O1. The monoisotopic (exact) mass is 374 g/mol. The highest BCUT2D eigenvalue weighted by Crippen LogP contribution is 2.47. The summed E-state index contributed by atoms with van der Waals surface area (Å²) in [6, 6.07) is 4.62. The van der Waals surface area contributed by atoms with Gasteiger partial charge >= 0.3 is 5.97 Å². The van der Waals surface area contributed by atoms with Gasteiger partial charge in [0, 0.05) is 35.2 Å². The predicted molar refractivity (Wildman–Crippen MR) is 90.9 cm³/mol. The summed E-state index contributed by atoms with van der Waals surface area (Å²) in [5, 5.41) is 11.8. The standard InChI is InChI=1S/C18H18N2O7/c1-18(2)26-16-15-14(25-17(16)27-18)10(6-13(21)24-15)11-7-19-12-4-3-8(20(22)23)5-9(11)12/h3-5,7,10,14-17,19H,6H2,1-2H3/t10-,14-,15+,16-,17-/m1/s1. The average Bonchev–Trinajstić information content (AvgIpc) is 3.24. The smallest absolute Gasteiger partial charge is 0.306 e. The number of esters is 1. The van der Waals surface area contributed by atoms with Crippen molar-refractivity contribution in [3.8, 4) is 0 Å². The minimum absolute atomic E-state index is 0.00379. The Morgan fingerprint density at radius 3 is 2.81 bits per heavy atom. The molecular weight excluding hydrogens is 356 g/mol. The van der Waals surface area contributed by atoms with E-state index in [0.717, 1.165) is 11.1 Å². The molecule has 3 aliphatic heterocycles. The van der Waals surface area contributed by atoms with Gasteiger partial charge in [0.1, 0.15) is 6.10 Å². The van der Waals surface area contributed by atoms with Gasteiger partial charge in [-0.2, -0.15) is 0 Å². The van der Waals surface area contributed by atoms with Gasteiger partial charge in [0.25, 0.3) is 5.69 Å². The van der Waals surface area contributed by atoms with E-state index < -0.39 is 35.3 Å². The zero-order valence-corrected chi connectivity index (χ0v) is 14.7. The molecule has 0 amide bonds. The van der Waals surface area contributed by atoms with Gasteiger partial charge in [0.05, 0.1) is 11.3 Å². The first-order valence-electron chi connectivity index (χ1n) is 8.78. The molecule has 0 saturated carbocycles. The van der Waals surface area contributed by atoms with Gasteiger partial charge in [0.2, 0.25) is 0 Å². The summed E-state index contributed by atoms with van der Waals surface area (Å²) in [7, 11) is 0. The lowest BCUT2D eigenvalue weighted by molar-refractivity contribution is -0.384. The Morgan fingerprint density at radius 1 is 1.22 bits per heavy atom. The van der Waals surface area contributed by atoms with Crippen LogP contribution in [0.15, 0.2) is 24.4 Å². The first-order chi connectivity index (χ1) is 12.8. The van der Waals surface area contributed by atoms with Crippen LogP contribution in [0.5, 0.6) is 0 Å². The molecule has 0 bridgehead atoms. The normalized spacial score (nSPS) is 34.3. The Labute approximate surface area is 153 Å². The van der Waals surface area contributed by atoms with E-state index in [2.05, 4.69) is 4.98 Å². The topological polar surface area (TPSA) is 113 Å². The van der Waals surface area contributed by atoms with Gasteiger partial charge in [-0.1, -0.05) is 0 Å². The van der Waals surface area contributed by atoms with Crippen LogP contribution in [0.4, 0.5) is 5.69 Å². The van der Waals surface area contributed by atoms with Crippen molar-refractivity contribution in [3.63, 3.8) is 0 Å². The van der Waals surface area contributed by atoms with Crippen LogP contribution in [0.3, 0.4) is 0 Å². The quantitative estimate of drug-likeness (QED) is 0.488. The second-order valence-electron chi connectivity index (χ2n) is 7.57.